The second-order valence-electron chi connectivity index (χ2n) is 5.00. The Bertz CT molecular complexity index is 1000. The molecule has 4 nitrogen and oxygen atoms in total. The maximum Gasteiger partial charge on any atom is 0.291 e. The van der Waals surface area contributed by atoms with E-state index in [-0.39, 0.29) is 11.7 Å². The number of hydrogen-bond acceptors (Lipinski definition) is 2. The van der Waals surface area contributed by atoms with Gasteiger partial charge in [-0.1, -0.05) is 22.0 Å². The predicted molar refractivity (Wildman–Crippen MR) is 90.2 cm³/mol. The maximum atomic E-state index is 12.3. The first-order valence-electron chi connectivity index (χ1n) is 6.77. The van der Waals surface area contributed by atoms with Crippen LogP contribution in [0.3, 0.4) is 0 Å². The van der Waals surface area contributed by atoms with Gasteiger partial charge in [-0.15, -0.1) is 0 Å². The molecule has 2 N–H and O–H groups in total. The van der Waals surface area contributed by atoms with Crippen LogP contribution in [-0.2, 0) is 0 Å². The number of aromatic amines is 1. The van der Waals surface area contributed by atoms with Gasteiger partial charge in [0.1, 0.15) is 5.58 Å². The number of aromatic nitrogens is 1. The highest BCUT2D eigenvalue weighted by molar-refractivity contribution is 9.10. The molecule has 0 aliphatic carbocycles. The molecule has 0 spiro atoms. The zero-order valence-corrected chi connectivity index (χ0v) is 13.0. The van der Waals surface area contributed by atoms with E-state index in [0.29, 0.717) is 5.58 Å². The highest BCUT2D eigenvalue weighted by atomic mass is 79.9. The lowest BCUT2D eigenvalue weighted by atomic mass is 10.2. The lowest BCUT2D eigenvalue weighted by molar-refractivity contribution is 0.0998. The second-order valence-corrected chi connectivity index (χ2v) is 5.85. The van der Waals surface area contributed by atoms with Gasteiger partial charge in [-0.3, -0.25) is 4.79 Å². The van der Waals surface area contributed by atoms with E-state index >= 15 is 0 Å². The number of anilines is 1. The molecular weight excluding hydrogens is 344 g/mol. The fraction of sp³-hybridized carbons (Fsp3) is 0. The third-order valence-corrected chi connectivity index (χ3v) is 4.23. The van der Waals surface area contributed by atoms with Crippen LogP contribution in [0.5, 0.6) is 0 Å². The summed E-state index contributed by atoms with van der Waals surface area (Å²) in [7, 11) is 0. The summed E-state index contributed by atoms with van der Waals surface area (Å²) in [5, 5.41) is 4.79. The van der Waals surface area contributed by atoms with Gasteiger partial charge in [0.25, 0.3) is 5.91 Å². The van der Waals surface area contributed by atoms with Gasteiger partial charge in [0.05, 0.1) is 0 Å². The van der Waals surface area contributed by atoms with E-state index < -0.39 is 0 Å². The van der Waals surface area contributed by atoms with Crippen molar-refractivity contribution >= 4 is 49.4 Å². The van der Waals surface area contributed by atoms with Crippen molar-refractivity contribution in [3.8, 4) is 0 Å². The first kappa shape index (κ1) is 13.2. The summed E-state index contributed by atoms with van der Waals surface area (Å²) in [6.07, 6.45) is 1.87. The fourth-order valence-electron chi connectivity index (χ4n) is 2.46. The first-order valence-corrected chi connectivity index (χ1v) is 7.56. The van der Waals surface area contributed by atoms with Crippen molar-refractivity contribution in [1.29, 1.82) is 0 Å². The standard InChI is InChI=1S/C17H11BrN2O2/c18-13-2-1-3-15-12(13)9-16(22-15)17(21)20-11-4-5-14-10(8-11)6-7-19-14/h1-9,19H,(H,20,21). The zero-order valence-electron chi connectivity index (χ0n) is 11.4. The van der Waals surface area contributed by atoms with Crippen LogP contribution in [0.2, 0.25) is 0 Å². The van der Waals surface area contributed by atoms with E-state index in [4.69, 9.17) is 4.42 Å². The first-order chi connectivity index (χ1) is 10.7. The van der Waals surface area contributed by atoms with Crippen molar-refractivity contribution in [1.82, 2.24) is 4.98 Å². The monoisotopic (exact) mass is 354 g/mol. The third-order valence-electron chi connectivity index (χ3n) is 3.54. The number of halogens is 1. The van der Waals surface area contributed by atoms with Crippen molar-refractivity contribution in [2.45, 2.75) is 0 Å². The molecule has 0 saturated carbocycles. The average molecular weight is 355 g/mol. The Hall–Kier alpha value is -2.53. The van der Waals surface area contributed by atoms with E-state index in [2.05, 4.69) is 26.2 Å². The molecule has 2 aromatic carbocycles. The number of fused-ring (bicyclic) bond motifs is 2. The van der Waals surface area contributed by atoms with Crippen LogP contribution in [0.15, 0.2) is 63.6 Å². The minimum Gasteiger partial charge on any atom is -0.451 e. The van der Waals surface area contributed by atoms with Gasteiger partial charge in [0.2, 0.25) is 0 Å². The number of carbonyl (C=O) groups is 1. The van der Waals surface area contributed by atoms with Gasteiger partial charge >= 0.3 is 0 Å². The molecule has 5 heteroatoms. The van der Waals surface area contributed by atoms with Crippen LogP contribution in [0.4, 0.5) is 5.69 Å². The van der Waals surface area contributed by atoms with Crippen LogP contribution < -0.4 is 5.32 Å². The highest BCUT2D eigenvalue weighted by Gasteiger charge is 2.14. The van der Waals surface area contributed by atoms with Crippen molar-refractivity contribution in [3.05, 3.63) is 65.0 Å². The molecule has 0 fully saturated rings. The molecule has 0 saturated heterocycles. The lowest BCUT2D eigenvalue weighted by Gasteiger charge is -2.03. The van der Waals surface area contributed by atoms with Crippen LogP contribution >= 0.6 is 15.9 Å². The molecule has 0 radical (unpaired) electrons. The average Bonchev–Trinajstić information content (AvgIpc) is 3.13. The summed E-state index contributed by atoms with van der Waals surface area (Å²) in [5.41, 5.74) is 2.45. The SMILES string of the molecule is O=C(Nc1ccc2[nH]ccc2c1)c1cc2c(Br)cccc2o1. The van der Waals surface area contributed by atoms with E-state index in [1.807, 2.05) is 48.7 Å². The Morgan fingerprint density at radius 2 is 2.05 bits per heavy atom. The van der Waals surface area contributed by atoms with Crippen molar-refractivity contribution in [2.75, 3.05) is 5.32 Å². The molecule has 0 aliphatic heterocycles. The number of amides is 1. The second kappa shape index (κ2) is 5.03. The van der Waals surface area contributed by atoms with Gasteiger partial charge in [0.15, 0.2) is 5.76 Å². The summed E-state index contributed by atoms with van der Waals surface area (Å²) in [4.78, 5) is 15.5. The summed E-state index contributed by atoms with van der Waals surface area (Å²) >= 11 is 3.45. The Morgan fingerprint density at radius 3 is 2.91 bits per heavy atom. The van der Waals surface area contributed by atoms with Crippen molar-refractivity contribution < 1.29 is 9.21 Å². The topological polar surface area (TPSA) is 58.0 Å². The number of rotatable bonds is 2. The zero-order chi connectivity index (χ0) is 15.1. The largest absolute Gasteiger partial charge is 0.451 e. The summed E-state index contributed by atoms with van der Waals surface area (Å²) < 4.78 is 6.51. The van der Waals surface area contributed by atoms with Gasteiger partial charge in [-0.2, -0.15) is 0 Å². The summed E-state index contributed by atoms with van der Waals surface area (Å²) in [6.45, 7) is 0. The van der Waals surface area contributed by atoms with Crippen LogP contribution in [0.1, 0.15) is 10.6 Å². The number of carbonyl (C=O) groups excluding carboxylic acids is 1. The molecule has 0 bridgehead atoms. The number of H-pyrrole nitrogens is 1. The number of furan rings is 1. The van der Waals surface area contributed by atoms with Crippen molar-refractivity contribution in [3.63, 3.8) is 0 Å². The predicted octanol–water partition coefficient (Wildman–Crippen LogP) is 4.93. The smallest absolute Gasteiger partial charge is 0.291 e. The molecule has 0 aliphatic rings. The molecule has 1 amide bonds. The normalized spacial score (nSPS) is 11.1. The Kier molecular flexibility index (Phi) is 3.01. The Morgan fingerprint density at radius 1 is 1.14 bits per heavy atom. The van der Waals surface area contributed by atoms with Gasteiger partial charge in [-0.25, -0.2) is 0 Å². The van der Waals surface area contributed by atoms with E-state index in [9.17, 15) is 4.79 Å². The molecule has 2 heterocycles. The number of benzene rings is 2. The Balaban J connectivity index is 1.66. The number of hydrogen-bond donors (Lipinski definition) is 2. The molecule has 2 aromatic heterocycles. The van der Waals surface area contributed by atoms with Gasteiger partial charge in [-0.05, 0) is 42.5 Å². The Labute approximate surface area is 134 Å². The minimum absolute atomic E-state index is 0.266. The quantitative estimate of drug-likeness (QED) is 0.536. The van der Waals surface area contributed by atoms with Crippen LogP contribution in [0, 0.1) is 0 Å². The fourth-order valence-corrected chi connectivity index (χ4v) is 2.92. The van der Waals surface area contributed by atoms with Crippen molar-refractivity contribution in [2.24, 2.45) is 0 Å². The van der Waals surface area contributed by atoms with E-state index in [1.54, 1.807) is 6.07 Å². The summed E-state index contributed by atoms with van der Waals surface area (Å²) in [6, 6.07) is 15.0. The van der Waals surface area contributed by atoms with E-state index in [0.717, 1.165) is 26.4 Å². The molecule has 0 atom stereocenters. The van der Waals surface area contributed by atoms with Gasteiger partial charge < -0.3 is 14.7 Å². The summed E-state index contributed by atoms with van der Waals surface area (Å²) in [5.74, 6) is 0.0223. The highest BCUT2D eigenvalue weighted by Crippen LogP contribution is 2.27. The van der Waals surface area contributed by atoms with E-state index in [1.165, 1.54) is 0 Å². The molecule has 4 aromatic rings. The maximum absolute atomic E-state index is 12.3. The molecule has 108 valence electrons. The molecule has 22 heavy (non-hydrogen) atoms. The van der Waals surface area contributed by atoms with Crippen LogP contribution in [0.25, 0.3) is 21.9 Å². The number of nitrogens with one attached hydrogen (secondary N) is 2. The molecule has 0 unspecified atom stereocenters. The minimum atomic E-state index is -0.266. The third kappa shape index (κ3) is 2.19. The molecular formula is C17H11BrN2O2. The molecule has 4 rings (SSSR count). The van der Waals surface area contributed by atoms with Gasteiger partial charge in [0, 0.05) is 32.6 Å². The lowest BCUT2D eigenvalue weighted by Crippen LogP contribution is -2.10. The van der Waals surface area contributed by atoms with Crippen LogP contribution in [-0.4, -0.2) is 10.9 Å².